The minimum absolute atomic E-state index is 0. The van der Waals surface area contributed by atoms with Crippen LogP contribution in [0.15, 0.2) is 24.3 Å². The van der Waals surface area contributed by atoms with Crippen LogP contribution in [0.2, 0.25) is 0 Å². The number of anilines is 1. The van der Waals surface area contributed by atoms with Gasteiger partial charge in [-0.1, -0.05) is 18.6 Å². The maximum atomic E-state index is 5.80. The molecule has 0 amide bonds. The molecule has 0 aliphatic carbocycles. The highest BCUT2D eigenvalue weighted by Crippen LogP contribution is 2.19. The number of hydrogen-bond acceptors (Lipinski definition) is 3. The van der Waals surface area contributed by atoms with Gasteiger partial charge in [0.1, 0.15) is 12.4 Å². The minimum atomic E-state index is 0. The van der Waals surface area contributed by atoms with Crippen LogP contribution in [-0.4, -0.2) is 31.1 Å². The molecule has 0 saturated carbocycles. The fraction of sp³-hybridized carbons (Fsp3) is 0.538. The van der Waals surface area contributed by atoms with Crippen LogP contribution in [0.3, 0.4) is 0 Å². The normalized spacial score (nSPS) is 16.2. The van der Waals surface area contributed by atoms with E-state index >= 15 is 0 Å². The summed E-state index contributed by atoms with van der Waals surface area (Å²) < 4.78 is 5.67. The van der Waals surface area contributed by atoms with Crippen molar-refractivity contribution in [2.75, 3.05) is 32.0 Å². The average molecular weight is 257 g/mol. The molecule has 1 saturated heterocycles. The summed E-state index contributed by atoms with van der Waals surface area (Å²) in [5.41, 5.74) is 6.52. The lowest BCUT2D eigenvalue weighted by molar-refractivity contribution is 0.184. The number of likely N-dealkylation sites (tertiary alicyclic amines) is 1. The van der Waals surface area contributed by atoms with Crippen LogP contribution >= 0.6 is 12.4 Å². The molecule has 4 heteroatoms. The molecule has 17 heavy (non-hydrogen) atoms. The largest absolute Gasteiger partial charge is 0.490 e. The molecule has 0 radical (unpaired) electrons. The van der Waals surface area contributed by atoms with Gasteiger partial charge in [0.2, 0.25) is 0 Å². The maximum Gasteiger partial charge on any atom is 0.142 e. The third kappa shape index (κ3) is 4.44. The number of ether oxygens (including phenoxy) is 1. The number of benzene rings is 1. The first kappa shape index (κ1) is 14.1. The van der Waals surface area contributed by atoms with Gasteiger partial charge in [-0.2, -0.15) is 0 Å². The van der Waals surface area contributed by atoms with Crippen molar-refractivity contribution < 1.29 is 4.74 Å². The van der Waals surface area contributed by atoms with Crippen molar-refractivity contribution in [3.63, 3.8) is 0 Å². The lowest BCUT2D eigenvalue weighted by Gasteiger charge is -2.26. The number of nitrogens with two attached hydrogens (primary N) is 1. The summed E-state index contributed by atoms with van der Waals surface area (Å²) in [6.07, 6.45) is 4.03. The monoisotopic (exact) mass is 256 g/mol. The second-order valence-electron chi connectivity index (χ2n) is 4.29. The molecule has 0 bridgehead atoms. The predicted octanol–water partition coefficient (Wildman–Crippen LogP) is 2.56. The van der Waals surface area contributed by atoms with Gasteiger partial charge in [0.15, 0.2) is 0 Å². The fourth-order valence-corrected chi connectivity index (χ4v) is 2.08. The molecule has 3 nitrogen and oxygen atoms in total. The molecule has 1 aromatic rings. The van der Waals surface area contributed by atoms with Gasteiger partial charge < -0.3 is 10.5 Å². The first-order valence-electron chi connectivity index (χ1n) is 6.06. The number of nitrogens with zero attached hydrogens (tertiary/aromatic N) is 1. The molecule has 1 fully saturated rings. The topological polar surface area (TPSA) is 38.5 Å². The van der Waals surface area contributed by atoms with Crippen molar-refractivity contribution in [1.29, 1.82) is 0 Å². The molecule has 0 unspecified atom stereocenters. The van der Waals surface area contributed by atoms with Crippen LogP contribution in [0, 0.1) is 0 Å². The lowest BCUT2D eigenvalue weighted by atomic mass is 10.1. The molecule has 1 heterocycles. The molecule has 1 aliphatic heterocycles. The Balaban J connectivity index is 0.00000144. The molecule has 0 aromatic heterocycles. The van der Waals surface area contributed by atoms with E-state index in [0.717, 1.165) is 24.6 Å². The van der Waals surface area contributed by atoms with Crippen LogP contribution in [0.5, 0.6) is 5.75 Å². The van der Waals surface area contributed by atoms with Crippen LogP contribution in [0.25, 0.3) is 0 Å². The Morgan fingerprint density at radius 3 is 2.53 bits per heavy atom. The Labute approximate surface area is 109 Å². The number of para-hydroxylation sites is 2. The summed E-state index contributed by atoms with van der Waals surface area (Å²) in [5, 5.41) is 0. The molecular weight excluding hydrogens is 236 g/mol. The fourth-order valence-electron chi connectivity index (χ4n) is 2.08. The van der Waals surface area contributed by atoms with Crippen molar-refractivity contribution in [3.8, 4) is 5.75 Å². The minimum Gasteiger partial charge on any atom is -0.490 e. The predicted molar refractivity (Wildman–Crippen MR) is 73.9 cm³/mol. The SMILES string of the molecule is Cl.Nc1ccccc1OCCN1CCCCC1. The van der Waals surface area contributed by atoms with Crippen LogP contribution in [0.1, 0.15) is 19.3 Å². The highest BCUT2D eigenvalue weighted by Gasteiger charge is 2.09. The van der Waals surface area contributed by atoms with E-state index in [9.17, 15) is 0 Å². The van der Waals surface area contributed by atoms with E-state index in [1.807, 2.05) is 24.3 Å². The van der Waals surface area contributed by atoms with E-state index in [0.29, 0.717) is 0 Å². The third-order valence-corrected chi connectivity index (χ3v) is 3.03. The Hall–Kier alpha value is -0.930. The van der Waals surface area contributed by atoms with Gasteiger partial charge in [0.25, 0.3) is 0 Å². The Bertz CT molecular complexity index is 327. The highest BCUT2D eigenvalue weighted by molar-refractivity contribution is 5.85. The summed E-state index contributed by atoms with van der Waals surface area (Å²) in [7, 11) is 0. The first-order valence-corrected chi connectivity index (χ1v) is 6.06. The zero-order valence-electron chi connectivity index (χ0n) is 10.1. The van der Waals surface area contributed by atoms with E-state index in [2.05, 4.69) is 4.90 Å². The van der Waals surface area contributed by atoms with Crippen LogP contribution in [-0.2, 0) is 0 Å². The van der Waals surface area contributed by atoms with Crippen LogP contribution < -0.4 is 10.5 Å². The van der Waals surface area contributed by atoms with Gasteiger partial charge in [-0.25, -0.2) is 0 Å². The van der Waals surface area contributed by atoms with Gasteiger partial charge in [-0.05, 0) is 38.1 Å². The van der Waals surface area contributed by atoms with Crippen molar-refractivity contribution in [3.05, 3.63) is 24.3 Å². The summed E-state index contributed by atoms with van der Waals surface area (Å²) in [4.78, 5) is 2.46. The smallest absolute Gasteiger partial charge is 0.142 e. The number of piperidine rings is 1. The number of hydrogen-bond donors (Lipinski definition) is 1. The standard InChI is InChI=1S/C13H20N2O.ClH/c14-12-6-2-3-7-13(12)16-11-10-15-8-4-1-5-9-15;/h2-3,6-7H,1,4-5,8-11,14H2;1H. The van der Waals surface area contributed by atoms with E-state index < -0.39 is 0 Å². The van der Waals surface area contributed by atoms with E-state index in [1.54, 1.807) is 0 Å². The molecule has 2 rings (SSSR count). The van der Waals surface area contributed by atoms with E-state index in [1.165, 1.54) is 32.4 Å². The Kier molecular flexibility index (Phi) is 6.16. The van der Waals surface area contributed by atoms with Crippen molar-refractivity contribution in [2.24, 2.45) is 0 Å². The molecular formula is C13H21ClN2O. The van der Waals surface area contributed by atoms with Crippen molar-refractivity contribution in [2.45, 2.75) is 19.3 Å². The molecule has 1 aliphatic rings. The second kappa shape index (κ2) is 7.41. The molecule has 96 valence electrons. The number of rotatable bonds is 4. The third-order valence-electron chi connectivity index (χ3n) is 3.03. The summed E-state index contributed by atoms with van der Waals surface area (Å²) in [6.45, 7) is 4.17. The van der Waals surface area contributed by atoms with Crippen molar-refractivity contribution >= 4 is 18.1 Å². The quantitative estimate of drug-likeness (QED) is 0.842. The van der Waals surface area contributed by atoms with Gasteiger partial charge in [0, 0.05) is 6.54 Å². The number of nitrogen functional groups attached to an aromatic ring is 1. The zero-order chi connectivity index (χ0) is 11.2. The summed E-state index contributed by atoms with van der Waals surface area (Å²) in [5.74, 6) is 0.805. The zero-order valence-corrected chi connectivity index (χ0v) is 10.9. The van der Waals surface area contributed by atoms with Gasteiger partial charge in [-0.3, -0.25) is 4.90 Å². The summed E-state index contributed by atoms with van der Waals surface area (Å²) >= 11 is 0. The van der Waals surface area contributed by atoms with Crippen LogP contribution in [0.4, 0.5) is 5.69 Å². The maximum absolute atomic E-state index is 5.80. The van der Waals surface area contributed by atoms with Crippen molar-refractivity contribution in [1.82, 2.24) is 4.90 Å². The van der Waals surface area contributed by atoms with Gasteiger partial charge in [-0.15, -0.1) is 12.4 Å². The summed E-state index contributed by atoms with van der Waals surface area (Å²) in [6, 6.07) is 7.67. The molecule has 2 N–H and O–H groups in total. The molecule has 1 aromatic carbocycles. The Morgan fingerprint density at radius 2 is 1.82 bits per heavy atom. The second-order valence-corrected chi connectivity index (χ2v) is 4.29. The average Bonchev–Trinajstić information content (AvgIpc) is 2.33. The van der Waals surface area contributed by atoms with E-state index in [-0.39, 0.29) is 12.4 Å². The number of halogens is 1. The molecule has 0 spiro atoms. The van der Waals surface area contributed by atoms with Gasteiger partial charge >= 0.3 is 0 Å². The highest BCUT2D eigenvalue weighted by atomic mass is 35.5. The van der Waals surface area contributed by atoms with E-state index in [4.69, 9.17) is 10.5 Å². The van der Waals surface area contributed by atoms with Gasteiger partial charge in [0.05, 0.1) is 5.69 Å². The first-order chi connectivity index (χ1) is 7.86. The Morgan fingerprint density at radius 1 is 1.12 bits per heavy atom. The molecule has 0 atom stereocenters. The lowest BCUT2D eigenvalue weighted by Crippen LogP contribution is -2.33.